The van der Waals surface area contributed by atoms with Crippen LogP contribution in [0.5, 0.6) is 0 Å². The van der Waals surface area contributed by atoms with E-state index in [1.165, 1.54) is 35.2 Å². The van der Waals surface area contributed by atoms with E-state index in [9.17, 15) is 18.0 Å². The summed E-state index contributed by atoms with van der Waals surface area (Å²) in [5.41, 5.74) is 0.805. The summed E-state index contributed by atoms with van der Waals surface area (Å²) in [4.78, 5) is 29.1. The molecule has 7 nitrogen and oxygen atoms in total. The molecule has 1 aliphatic rings. The number of sulfonamides is 1. The van der Waals surface area contributed by atoms with Gasteiger partial charge in [-0.25, -0.2) is 8.42 Å². The molecular weight excluding hydrogens is 605 g/mol. The van der Waals surface area contributed by atoms with Crippen molar-refractivity contribution in [1.29, 1.82) is 0 Å². The molecule has 0 aromatic heterocycles. The number of anilines is 1. The predicted molar refractivity (Wildman–Crippen MR) is 164 cm³/mol. The highest BCUT2D eigenvalue weighted by atomic mass is 35.5. The summed E-state index contributed by atoms with van der Waals surface area (Å²) in [6.45, 7) is 1.27. The van der Waals surface area contributed by atoms with Gasteiger partial charge < -0.3 is 10.2 Å². The van der Waals surface area contributed by atoms with Crippen LogP contribution in [0.25, 0.3) is 0 Å². The molecule has 1 atom stereocenters. The average molecular weight is 637 g/mol. The topological polar surface area (TPSA) is 86.8 Å². The van der Waals surface area contributed by atoms with Crippen LogP contribution in [0.1, 0.15) is 44.6 Å². The molecule has 0 saturated heterocycles. The molecule has 1 fully saturated rings. The van der Waals surface area contributed by atoms with E-state index >= 15 is 0 Å². The van der Waals surface area contributed by atoms with Crippen molar-refractivity contribution in [2.24, 2.45) is 0 Å². The Morgan fingerprint density at radius 3 is 2.20 bits per heavy atom. The number of nitrogens with zero attached hydrogens (tertiary/aromatic N) is 2. The van der Waals surface area contributed by atoms with Gasteiger partial charge in [0.2, 0.25) is 11.8 Å². The molecule has 0 unspecified atom stereocenters. The minimum atomic E-state index is -4.21. The Kier molecular flexibility index (Phi) is 10.6. The van der Waals surface area contributed by atoms with E-state index in [2.05, 4.69) is 5.32 Å². The minimum Gasteiger partial charge on any atom is -0.352 e. The van der Waals surface area contributed by atoms with Crippen LogP contribution in [0.3, 0.4) is 0 Å². The number of hydrogen-bond acceptors (Lipinski definition) is 4. The first-order chi connectivity index (χ1) is 19.6. The van der Waals surface area contributed by atoms with E-state index in [1.807, 2.05) is 6.92 Å². The van der Waals surface area contributed by atoms with Gasteiger partial charge in [0.15, 0.2) is 0 Å². The molecule has 0 spiro atoms. The lowest BCUT2D eigenvalue weighted by molar-refractivity contribution is -0.140. The van der Waals surface area contributed by atoms with Gasteiger partial charge in [0.25, 0.3) is 10.0 Å². The third-order valence-corrected chi connectivity index (χ3v) is 10.1. The summed E-state index contributed by atoms with van der Waals surface area (Å²) in [6, 6.07) is 18.5. The van der Waals surface area contributed by atoms with E-state index in [1.54, 1.807) is 42.5 Å². The van der Waals surface area contributed by atoms with Crippen LogP contribution in [0, 0.1) is 0 Å². The van der Waals surface area contributed by atoms with E-state index < -0.39 is 28.5 Å². The SMILES string of the molecule is CC[C@@H](C(=O)NC1CCCC1)N(Cc1ccccc1Cl)C(=O)CN(c1ccc(Cl)c(Cl)c1)S(=O)(=O)c1ccccc1. The molecule has 2 amide bonds. The highest BCUT2D eigenvalue weighted by molar-refractivity contribution is 7.92. The Balaban J connectivity index is 1.73. The second-order valence-corrected chi connectivity index (χ2v) is 13.0. The van der Waals surface area contributed by atoms with Gasteiger partial charge >= 0.3 is 0 Å². The van der Waals surface area contributed by atoms with Gasteiger partial charge in [-0.3, -0.25) is 13.9 Å². The third kappa shape index (κ3) is 7.55. The first kappa shape index (κ1) is 31.2. The first-order valence-corrected chi connectivity index (χ1v) is 16.0. The van der Waals surface area contributed by atoms with Crippen LogP contribution < -0.4 is 9.62 Å². The molecule has 11 heteroatoms. The summed E-state index contributed by atoms with van der Waals surface area (Å²) in [7, 11) is -4.21. The van der Waals surface area contributed by atoms with Gasteiger partial charge in [0, 0.05) is 17.6 Å². The van der Waals surface area contributed by atoms with Crippen LogP contribution in [0.2, 0.25) is 15.1 Å². The molecule has 218 valence electrons. The Morgan fingerprint density at radius 2 is 1.56 bits per heavy atom. The zero-order valence-corrected chi connectivity index (χ0v) is 25.7. The Hall–Kier alpha value is -2.78. The molecule has 1 aliphatic carbocycles. The average Bonchev–Trinajstić information content (AvgIpc) is 3.47. The molecule has 0 heterocycles. The smallest absolute Gasteiger partial charge is 0.264 e. The molecule has 3 aromatic rings. The second kappa shape index (κ2) is 13.9. The fourth-order valence-corrected chi connectivity index (χ4v) is 6.90. The van der Waals surface area contributed by atoms with Gasteiger partial charge in [-0.1, -0.05) is 91.0 Å². The number of carbonyl (C=O) groups excluding carboxylic acids is 2. The van der Waals surface area contributed by atoms with E-state index in [0.29, 0.717) is 17.0 Å². The highest BCUT2D eigenvalue weighted by Crippen LogP contribution is 2.31. The van der Waals surface area contributed by atoms with Gasteiger partial charge in [0.1, 0.15) is 12.6 Å². The van der Waals surface area contributed by atoms with Crippen LogP contribution in [-0.4, -0.2) is 43.8 Å². The van der Waals surface area contributed by atoms with Crippen molar-refractivity contribution in [2.75, 3.05) is 10.8 Å². The second-order valence-electron chi connectivity index (χ2n) is 9.95. The molecule has 3 aromatic carbocycles. The normalized spacial score (nSPS) is 14.4. The molecule has 4 rings (SSSR count). The van der Waals surface area contributed by atoms with Crippen molar-refractivity contribution in [2.45, 2.75) is 62.6 Å². The van der Waals surface area contributed by atoms with Crippen molar-refractivity contribution < 1.29 is 18.0 Å². The number of amides is 2. The van der Waals surface area contributed by atoms with Gasteiger partial charge in [-0.2, -0.15) is 0 Å². The minimum absolute atomic E-state index is 0.00236. The van der Waals surface area contributed by atoms with Crippen molar-refractivity contribution in [3.63, 3.8) is 0 Å². The van der Waals surface area contributed by atoms with Crippen LogP contribution in [0.4, 0.5) is 5.69 Å². The Labute approximate surface area is 256 Å². The molecular formula is C30H32Cl3N3O4S. The Morgan fingerprint density at radius 1 is 0.902 bits per heavy atom. The van der Waals surface area contributed by atoms with Crippen molar-refractivity contribution in [3.05, 3.63) is 93.4 Å². The lowest BCUT2D eigenvalue weighted by Gasteiger charge is -2.34. The number of rotatable bonds is 11. The van der Waals surface area contributed by atoms with Crippen LogP contribution >= 0.6 is 34.8 Å². The molecule has 1 N–H and O–H groups in total. The summed E-state index contributed by atoms with van der Waals surface area (Å²) in [5, 5.41) is 3.91. The fraction of sp³-hybridized carbons (Fsp3) is 0.333. The van der Waals surface area contributed by atoms with E-state index in [4.69, 9.17) is 34.8 Å². The van der Waals surface area contributed by atoms with E-state index in [0.717, 1.165) is 30.0 Å². The summed E-state index contributed by atoms with van der Waals surface area (Å²) >= 11 is 18.8. The van der Waals surface area contributed by atoms with Gasteiger partial charge in [-0.05, 0) is 61.2 Å². The standard InChI is InChI=1S/C30H32Cl3N3O4S/c1-2-28(30(38)34-22-11-7-8-12-22)35(19-21-10-6-9-15-25(21)31)29(37)20-36(23-16-17-26(32)27(33)18-23)41(39,40)24-13-4-3-5-14-24/h3-6,9-10,13-18,22,28H,2,7-8,11-12,19-20H2,1H3,(H,34,38)/t28-/m0/s1. The molecule has 0 bridgehead atoms. The van der Waals surface area contributed by atoms with Crippen molar-refractivity contribution >= 4 is 62.3 Å². The van der Waals surface area contributed by atoms with E-state index in [-0.39, 0.29) is 39.1 Å². The molecule has 1 saturated carbocycles. The molecule has 41 heavy (non-hydrogen) atoms. The fourth-order valence-electron chi connectivity index (χ4n) is 4.99. The maximum atomic E-state index is 14.2. The zero-order chi connectivity index (χ0) is 29.6. The lowest BCUT2D eigenvalue weighted by atomic mass is 10.1. The van der Waals surface area contributed by atoms with Crippen molar-refractivity contribution in [3.8, 4) is 0 Å². The summed E-state index contributed by atoms with van der Waals surface area (Å²) < 4.78 is 28.8. The van der Waals surface area contributed by atoms with Crippen molar-refractivity contribution in [1.82, 2.24) is 10.2 Å². The van der Waals surface area contributed by atoms with Gasteiger partial charge in [0.05, 0.1) is 20.6 Å². The van der Waals surface area contributed by atoms with Crippen LogP contribution in [-0.2, 0) is 26.2 Å². The first-order valence-electron chi connectivity index (χ1n) is 13.5. The predicted octanol–water partition coefficient (Wildman–Crippen LogP) is 6.71. The Bertz CT molecular complexity index is 1480. The monoisotopic (exact) mass is 635 g/mol. The quantitative estimate of drug-likeness (QED) is 0.254. The number of benzene rings is 3. The lowest BCUT2D eigenvalue weighted by Crippen LogP contribution is -2.53. The third-order valence-electron chi connectivity index (χ3n) is 7.19. The maximum Gasteiger partial charge on any atom is 0.264 e. The largest absolute Gasteiger partial charge is 0.352 e. The van der Waals surface area contributed by atoms with Gasteiger partial charge in [-0.15, -0.1) is 0 Å². The zero-order valence-electron chi connectivity index (χ0n) is 22.6. The summed E-state index contributed by atoms with van der Waals surface area (Å²) in [5.74, 6) is -0.837. The number of carbonyl (C=O) groups is 2. The molecule has 0 aliphatic heterocycles. The number of halogens is 3. The number of hydrogen-bond donors (Lipinski definition) is 1. The molecule has 0 radical (unpaired) electrons. The highest BCUT2D eigenvalue weighted by Gasteiger charge is 2.35. The number of nitrogens with one attached hydrogen (secondary N) is 1. The summed E-state index contributed by atoms with van der Waals surface area (Å²) in [6.07, 6.45) is 4.19. The van der Waals surface area contributed by atoms with Crippen LogP contribution in [0.15, 0.2) is 77.7 Å². The maximum absolute atomic E-state index is 14.2.